The second-order valence-corrected chi connectivity index (χ2v) is 4.58. The Morgan fingerprint density at radius 2 is 1.89 bits per heavy atom. The molecule has 1 unspecified atom stereocenters. The molecule has 1 aromatic heterocycles. The Bertz CT molecular complexity index is 635. The predicted molar refractivity (Wildman–Crippen MR) is 68.0 cm³/mol. The first-order valence-corrected chi connectivity index (χ1v) is 5.82. The SMILES string of the molecule is Cc1nc(=O)c(P)cn1Cc1cc(F)cc(F)c1. The molecule has 0 amide bonds. The van der Waals surface area contributed by atoms with Gasteiger partial charge in [-0.2, -0.15) is 4.98 Å². The number of nitrogens with zero attached hydrogens (tertiary/aromatic N) is 2. The van der Waals surface area contributed by atoms with Gasteiger partial charge in [-0.1, -0.05) is 9.24 Å². The Balaban J connectivity index is 2.39. The van der Waals surface area contributed by atoms with Gasteiger partial charge in [0.05, 0.1) is 5.30 Å². The minimum Gasteiger partial charge on any atom is -0.331 e. The molecule has 1 heterocycles. The fraction of sp³-hybridized carbons (Fsp3) is 0.167. The van der Waals surface area contributed by atoms with Crippen LogP contribution in [0.25, 0.3) is 0 Å². The van der Waals surface area contributed by atoms with E-state index in [2.05, 4.69) is 14.2 Å². The molecule has 1 atom stereocenters. The number of halogens is 2. The highest BCUT2D eigenvalue weighted by molar-refractivity contribution is 7.27. The maximum atomic E-state index is 13.1. The van der Waals surface area contributed by atoms with Crippen LogP contribution >= 0.6 is 9.24 Å². The van der Waals surface area contributed by atoms with Gasteiger partial charge in [-0.25, -0.2) is 8.78 Å². The highest BCUT2D eigenvalue weighted by Gasteiger charge is 2.05. The van der Waals surface area contributed by atoms with Crippen molar-refractivity contribution in [2.75, 3.05) is 0 Å². The lowest BCUT2D eigenvalue weighted by Crippen LogP contribution is -2.27. The summed E-state index contributed by atoms with van der Waals surface area (Å²) in [7, 11) is 2.29. The highest BCUT2D eigenvalue weighted by atomic mass is 31.0. The summed E-state index contributed by atoms with van der Waals surface area (Å²) >= 11 is 0. The van der Waals surface area contributed by atoms with Crippen LogP contribution in [0.2, 0.25) is 0 Å². The first-order valence-electron chi connectivity index (χ1n) is 5.24. The van der Waals surface area contributed by atoms with Crippen LogP contribution in [-0.2, 0) is 6.54 Å². The van der Waals surface area contributed by atoms with Crippen molar-refractivity contribution < 1.29 is 8.78 Å². The first-order chi connectivity index (χ1) is 8.45. The second-order valence-electron chi connectivity index (χ2n) is 3.95. The van der Waals surface area contributed by atoms with E-state index in [-0.39, 0.29) is 12.1 Å². The molecule has 0 aliphatic carbocycles. The van der Waals surface area contributed by atoms with E-state index in [9.17, 15) is 13.6 Å². The van der Waals surface area contributed by atoms with Crippen molar-refractivity contribution in [1.82, 2.24) is 9.55 Å². The third-order valence-electron chi connectivity index (χ3n) is 2.50. The van der Waals surface area contributed by atoms with Crippen LogP contribution in [0.3, 0.4) is 0 Å². The van der Waals surface area contributed by atoms with E-state index < -0.39 is 11.6 Å². The fourth-order valence-corrected chi connectivity index (χ4v) is 1.90. The molecule has 6 heteroatoms. The maximum Gasteiger partial charge on any atom is 0.280 e. The molecule has 0 saturated carbocycles. The van der Waals surface area contributed by atoms with Crippen LogP contribution in [0, 0.1) is 18.6 Å². The molecule has 0 spiro atoms. The van der Waals surface area contributed by atoms with Crippen LogP contribution in [0.4, 0.5) is 8.78 Å². The minimum atomic E-state index is -0.622. The lowest BCUT2D eigenvalue weighted by Gasteiger charge is -2.10. The summed E-state index contributed by atoms with van der Waals surface area (Å²) in [6.45, 7) is 1.93. The maximum absolute atomic E-state index is 13.1. The monoisotopic (exact) mass is 268 g/mol. The normalized spacial score (nSPS) is 10.7. The molecule has 0 fully saturated rings. The van der Waals surface area contributed by atoms with E-state index in [1.807, 2.05) is 0 Å². The summed E-state index contributed by atoms with van der Waals surface area (Å²) in [6, 6.07) is 3.33. The molecule has 3 nitrogen and oxygen atoms in total. The molecule has 2 rings (SSSR count). The Labute approximate surface area is 105 Å². The number of aryl methyl sites for hydroxylation is 1. The Morgan fingerprint density at radius 3 is 2.50 bits per heavy atom. The molecule has 18 heavy (non-hydrogen) atoms. The van der Waals surface area contributed by atoms with Gasteiger partial charge in [-0.3, -0.25) is 4.79 Å². The zero-order chi connectivity index (χ0) is 13.3. The van der Waals surface area contributed by atoms with Crippen LogP contribution in [-0.4, -0.2) is 9.55 Å². The fourth-order valence-electron chi connectivity index (χ4n) is 1.65. The molecule has 0 N–H and O–H groups in total. The van der Waals surface area contributed by atoms with Gasteiger partial charge in [0.1, 0.15) is 17.5 Å². The first kappa shape index (κ1) is 12.8. The third kappa shape index (κ3) is 2.79. The van der Waals surface area contributed by atoms with Gasteiger partial charge in [0.2, 0.25) is 0 Å². The Hall–Kier alpha value is -1.61. The third-order valence-corrected chi connectivity index (χ3v) is 2.89. The van der Waals surface area contributed by atoms with Crippen LogP contribution in [0.1, 0.15) is 11.4 Å². The molecule has 0 aliphatic rings. The Morgan fingerprint density at radius 1 is 1.28 bits per heavy atom. The number of rotatable bonds is 2. The standard InChI is InChI=1S/C12H11F2N2OP/c1-7-15-12(17)11(18)6-16(7)5-8-2-9(13)4-10(14)3-8/h2-4,6H,5,18H2,1H3. The number of benzene rings is 1. The summed E-state index contributed by atoms with van der Waals surface area (Å²) < 4.78 is 27.8. The predicted octanol–water partition coefficient (Wildman–Crippen LogP) is 1.38. The van der Waals surface area contributed by atoms with Crippen LogP contribution in [0.5, 0.6) is 0 Å². The van der Waals surface area contributed by atoms with E-state index >= 15 is 0 Å². The van der Waals surface area contributed by atoms with Crippen molar-refractivity contribution in [3.63, 3.8) is 0 Å². The lowest BCUT2D eigenvalue weighted by atomic mass is 10.2. The van der Waals surface area contributed by atoms with Crippen LogP contribution < -0.4 is 10.9 Å². The lowest BCUT2D eigenvalue weighted by molar-refractivity contribution is 0.576. The van der Waals surface area contributed by atoms with Crippen molar-refractivity contribution in [2.24, 2.45) is 0 Å². The molecule has 1 aromatic carbocycles. The summed E-state index contributed by atoms with van der Waals surface area (Å²) in [6.07, 6.45) is 1.60. The van der Waals surface area contributed by atoms with Crippen molar-refractivity contribution in [3.8, 4) is 0 Å². The van der Waals surface area contributed by atoms with Gasteiger partial charge in [0.25, 0.3) is 5.56 Å². The quantitative estimate of drug-likeness (QED) is 0.771. The summed E-state index contributed by atoms with van der Waals surface area (Å²) in [5, 5.41) is 0.414. The van der Waals surface area contributed by atoms with E-state index in [0.29, 0.717) is 16.7 Å². The van der Waals surface area contributed by atoms with Gasteiger partial charge >= 0.3 is 0 Å². The van der Waals surface area contributed by atoms with Gasteiger partial charge in [0.15, 0.2) is 0 Å². The number of aromatic nitrogens is 2. The van der Waals surface area contributed by atoms with Gasteiger partial charge in [0, 0.05) is 18.8 Å². The highest BCUT2D eigenvalue weighted by Crippen LogP contribution is 2.10. The van der Waals surface area contributed by atoms with E-state index in [1.54, 1.807) is 17.7 Å². The zero-order valence-electron chi connectivity index (χ0n) is 9.65. The molecule has 0 aliphatic heterocycles. The summed E-state index contributed by atoms with van der Waals surface area (Å²) in [4.78, 5) is 15.1. The topological polar surface area (TPSA) is 34.9 Å². The van der Waals surface area contributed by atoms with Crippen molar-refractivity contribution in [2.45, 2.75) is 13.5 Å². The number of hydrogen-bond donors (Lipinski definition) is 0. The second kappa shape index (κ2) is 4.94. The average Bonchev–Trinajstić information content (AvgIpc) is 2.24. The average molecular weight is 268 g/mol. The molecule has 0 saturated heterocycles. The van der Waals surface area contributed by atoms with Crippen molar-refractivity contribution >= 4 is 14.5 Å². The molecule has 0 radical (unpaired) electrons. The smallest absolute Gasteiger partial charge is 0.280 e. The van der Waals surface area contributed by atoms with E-state index in [1.165, 1.54) is 12.1 Å². The molecular weight excluding hydrogens is 257 g/mol. The van der Waals surface area contributed by atoms with Crippen molar-refractivity contribution in [3.05, 3.63) is 57.8 Å². The van der Waals surface area contributed by atoms with Gasteiger partial charge < -0.3 is 4.57 Å². The largest absolute Gasteiger partial charge is 0.331 e. The minimum absolute atomic E-state index is 0.259. The van der Waals surface area contributed by atoms with Crippen molar-refractivity contribution in [1.29, 1.82) is 0 Å². The van der Waals surface area contributed by atoms with E-state index in [4.69, 9.17) is 0 Å². The molecular formula is C12H11F2N2OP. The van der Waals surface area contributed by atoms with Crippen LogP contribution in [0.15, 0.2) is 29.2 Å². The zero-order valence-corrected chi connectivity index (χ0v) is 10.8. The molecule has 94 valence electrons. The summed E-state index contributed by atoms with van der Waals surface area (Å²) in [5.74, 6) is -0.749. The van der Waals surface area contributed by atoms with Gasteiger partial charge in [-0.15, -0.1) is 0 Å². The molecule has 2 aromatic rings. The number of hydrogen-bond acceptors (Lipinski definition) is 2. The van der Waals surface area contributed by atoms with Gasteiger partial charge in [-0.05, 0) is 24.6 Å². The van der Waals surface area contributed by atoms with E-state index in [0.717, 1.165) is 6.07 Å². The Kier molecular flexibility index (Phi) is 3.53. The summed E-state index contributed by atoms with van der Waals surface area (Å²) in [5.41, 5.74) is 0.157. The molecule has 0 bridgehead atoms.